The van der Waals surface area contributed by atoms with Crippen molar-refractivity contribution in [3.05, 3.63) is 0 Å². The van der Waals surface area contributed by atoms with E-state index < -0.39 is 0 Å². The molecule has 0 spiro atoms. The third-order valence-electron chi connectivity index (χ3n) is 1.28. The predicted molar refractivity (Wildman–Crippen MR) is 44.2 cm³/mol. The Morgan fingerprint density at radius 2 is 2.11 bits per heavy atom. The zero-order valence-corrected chi connectivity index (χ0v) is 7.16. The first-order chi connectivity index (χ1) is 4.31. The summed E-state index contributed by atoms with van der Waals surface area (Å²) in [6, 6.07) is 0. The Morgan fingerprint density at radius 1 is 1.44 bits per heavy atom. The van der Waals surface area contributed by atoms with Crippen LogP contribution >= 0.6 is 12.6 Å². The number of ether oxygens (including phenoxy) is 1. The molecule has 0 N–H and O–H groups in total. The Bertz CT molecular complexity index is 56.9. The number of rotatable bonds is 5. The molecule has 0 fully saturated rings. The van der Waals surface area contributed by atoms with Gasteiger partial charge in [-0.15, -0.1) is 0 Å². The zero-order chi connectivity index (χ0) is 7.11. The third kappa shape index (κ3) is 6.19. The van der Waals surface area contributed by atoms with E-state index in [-0.39, 0.29) is 0 Å². The van der Waals surface area contributed by atoms with Crippen LogP contribution in [0.4, 0.5) is 0 Å². The molecule has 0 aliphatic heterocycles. The monoisotopic (exact) mass is 148 g/mol. The van der Waals surface area contributed by atoms with Crippen molar-refractivity contribution in [2.45, 2.75) is 31.4 Å². The zero-order valence-electron chi connectivity index (χ0n) is 6.26. The number of thiol groups is 1. The van der Waals surface area contributed by atoms with Gasteiger partial charge in [0, 0.05) is 19.0 Å². The van der Waals surface area contributed by atoms with Crippen molar-refractivity contribution in [3.63, 3.8) is 0 Å². The first kappa shape index (κ1) is 9.31. The van der Waals surface area contributed by atoms with Crippen molar-refractivity contribution < 1.29 is 4.74 Å². The number of hydrogen-bond donors (Lipinski definition) is 1. The van der Waals surface area contributed by atoms with Crippen LogP contribution in [0.25, 0.3) is 0 Å². The first-order valence-corrected chi connectivity index (χ1v) is 4.00. The van der Waals surface area contributed by atoms with E-state index in [0.29, 0.717) is 5.25 Å². The highest BCUT2D eigenvalue weighted by Crippen LogP contribution is 2.07. The lowest BCUT2D eigenvalue weighted by Gasteiger charge is -2.06. The first-order valence-electron chi connectivity index (χ1n) is 3.48. The van der Waals surface area contributed by atoms with Crippen LogP contribution in [0, 0.1) is 0 Å². The smallest absolute Gasteiger partial charge is 0.0472 e. The minimum atomic E-state index is 0.537. The molecule has 0 bridgehead atoms. The Hall–Kier alpha value is 0.310. The van der Waals surface area contributed by atoms with Gasteiger partial charge in [-0.1, -0.05) is 13.3 Å². The minimum Gasteiger partial charge on any atom is -0.385 e. The van der Waals surface area contributed by atoms with Gasteiger partial charge in [0.1, 0.15) is 0 Å². The fourth-order valence-electron chi connectivity index (χ4n) is 0.731. The summed E-state index contributed by atoms with van der Waals surface area (Å²) in [5.41, 5.74) is 0. The topological polar surface area (TPSA) is 9.23 Å². The highest BCUT2D eigenvalue weighted by atomic mass is 32.1. The van der Waals surface area contributed by atoms with Crippen LogP contribution in [-0.4, -0.2) is 19.0 Å². The summed E-state index contributed by atoms with van der Waals surface area (Å²) in [5.74, 6) is 0. The molecular formula is C7H16OS. The van der Waals surface area contributed by atoms with Crippen molar-refractivity contribution in [2.24, 2.45) is 0 Å². The van der Waals surface area contributed by atoms with Crippen molar-refractivity contribution >= 4 is 12.6 Å². The molecule has 9 heavy (non-hydrogen) atoms. The van der Waals surface area contributed by atoms with Gasteiger partial charge in [-0.3, -0.25) is 0 Å². The van der Waals surface area contributed by atoms with Crippen LogP contribution in [0.2, 0.25) is 0 Å². The van der Waals surface area contributed by atoms with Gasteiger partial charge in [-0.05, 0) is 12.8 Å². The quantitative estimate of drug-likeness (QED) is 0.588. The molecule has 0 aromatic heterocycles. The molecule has 0 radical (unpaired) electrons. The van der Waals surface area contributed by atoms with E-state index in [9.17, 15) is 0 Å². The third-order valence-corrected chi connectivity index (χ3v) is 1.79. The molecule has 0 aromatic rings. The van der Waals surface area contributed by atoms with E-state index in [0.717, 1.165) is 13.0 Å². The maximum Gasteiger partial charge on any atom is 0.0472 e. The van der Waals surface area contributed by atoms with Crippen molar-refractivity contribution in [3.8, 4) is 0 Å². The summed E-state index contributed by atoms with van der Waals surface area (Å²) >= 11 is 4.36. The molecule has 0 aliphatic carbocycles. The average molecular weight is 148 g/mol. The molecule has 2 heteroatoms. The molecule has 0 aliphatic rings. The lowest BCUT2D eigenvalue weighted by atomic mass is 10.2. The summed E-state index contributed by atoms with van der Waals surface area (Å²) < 4.78 is 4.91. The molecule has 0 saturated heterocycles. The molecule has 0 saturated carbocycles. The van der Waals surface area contributed by atoms with Gasteiger partial charge in [0.15, 0.2) is 0 Å². The van der Waals surface area contributed by atoms with Gasteiger partial charge in [-0.2, -0.15) is 12.6 Å². The van der Waals surface area contributed by atoms with E-state index in [4.69, 9.17) is 4.74 Å². The Labute approximate surface area is 63.2 Å². The molecule has 0 heterocycles. The van der Waals surface area contributed by atoms with Crippen molar-refractivity contribution in [2.75, 3.05) is 13.7 Å². The Kier molecular flexibility index (Phi) is 6.65. The summed E-state index contributed by atoms with van der Waals surface area (Å²) in [6.45, 7) is 3.02. The molecule has 0 rings (SSSR count). The highest BCUT2D eigenvalue weighted by Gasteiger charge is 1.98. The minimum absolute atomic E-state index is 0.537. The second kappa shape index (κ2) is 6.43. The lowest BCUT2D eigenvalue weighted by molar-refractivity contribution is 0.193. The van der Waals surface area contributed by atoms with Crippen LogP contribution < -0.4 is 0 Å². The largest absolute Gasteiger partial charge is 0.385 e. The van der Waals surface area contributed by atoms with Crippen LogP contribution in [0.1, 0.15) is 26.2 Å². The summed E-state index contributed by atoms with van der Waals surface area (Å²) in [5, 5.41) is 0.537. The van der Waals surface area contributed by atoms with Gasteiger partial charge in [0.05, 0.1) is 0 Å². The molecule has 1 nitrogen and oxygen atoms in total. The highest BCUT2D eigenvalue weighted by molar-refractivity contribution is 7.80. The summed E-state index contributed by atoms with van der Waals surface area (Å²) in [7, 11) is 1.73. The van der Waals surface area contributed by atoms with E-state index in [1.165, 1.54) is 12.8 Å². The lowest BCUT2D eigenvalue weighted by Crippen LogP contribution is -2.02. The molecule has 0 amide bonds. The second-order valence-corrected chi connectivity index (χ2v) is 2.95. The van der Waals surface area contributed by atoms with E-state index in [1.54, 1.807) is 7.11 Å². The normalized spacial score (nSPS) is 13.7. The van der Waals surface area contributed by atoms with Crippen LogP contribution in [0.15, 0.2) is 0 Å². The Balaban J connectivity index is 2.95. The molecule has 0 aromatic carbocycles. The van der Waals surface area contributed by atoms with Gasteiger partial charge in [-0.25, -0.2) is 0 Å². The van der Waals surface area contributed by atoms with E-state index in [1.807, 2.05) is 0 Å². The van der Waals surface area contributed by atoms with Gasteiger partial charge in [0.25, 0.3) is 0 Å². The van der Waals surface area contributed by atoms with E-state index in [2.05, 4.69) is 19.6 Å². The molecular weight excluding hydrogens is 132 g/mol. The molecule has 56 valence electrons. The number of hydrogen-bond acceptors (Lipinski definition) is 2. The maximum atomic E-state index is 4.91. The predicted octanol–water partition coefficient (Wildman–Crippen LogP) is 2.12. The fraction of sp³-hybridized carbons (Fsp3) is 1.00. The van der Waals surface area contributed by atoms with Crippen molar-refractivity contribution in [1.29, 1.82) is 0 Å². The van der Waals surface area contributed by atoms with Gasteiger partial charge >= 0.3 is 0 Å². The second-order valence-electron chi connectivity index (χ2n) is 2.22. The van der Waals surface area contributed by atoms with Crippen molar-refractivity contribution in [1.82, 2.24) is 0 Å². The molecule has 1 atom stereocenters. The average Bonchev–Trinajstić information content (AvgIpc) is 1.85. The van der Waals surface area contributed by atoms with Crippen LogP contribution in [0.5, 0.6) is 0 Å². The van der Waals surface area contributed by atoms with Gasteiger partial charge < -0.3 is 4.74 Å². The van der Waals surface area contributed by atoms with Gasteiger partial charge in [0.2, 0.25) is 0 Å². The fourth-order valence-corrected chi connectivity index (χ4v) is 1.10. The summed E-state index contributed by atoms with van der Waals surface area (Å²) in [6.07, 6.45) is 3.50. The SMILES string of the molecule is CCCC(S)CCOC. The molecule has 1 unspecified atom stereocenters. The Morgan fingerprint density at radius 3 is 2.56 bits per heavy atom. The standard InChI is InChI=1S/C7H16OS/c1-3-4-7(9)5-6-8-2/h7,9H,3-6H2,1-2H3. The number of methoxy groups -OCH3 is 1. The summed E-state index contributed by atoms with van der Waals surface area (Å²) in [4.78, 5) is 0. The van der Waals surface area contributed by atoms with Crippen LogP contribution in [-0.2, 0) is 4.74 Å². The van der Waals surface area contributed by atoms with E-state index >= 15 is 0 Å². The maximum absolute atomic E-state index is 4.91. The van der Waals surface area contributed by atoms with Crippen LogP contribution in [0.3, 0.4) is 0 Å².